The molecule has 1 fully saturated rings. The molecule has 2 aliphatic rings. The van der Waals surface area contributed by atoms with E-state index in [2.05, 4.69) is 47.6 Å². The summed E-state index contributed by atoms with van der Waals surface area (Å²) in [5.74, 6) is 2.20. The molecule has 0 unspecified atom stereocenters. The Bertz CT molecular complexity index is 1020. The summed E-state index contributed by atoms with van der Waals surface area (Å²) in [4.78, 5) is 3.76. The monoisotopic (exact) mass is 376 g/mol. The Labute approximate surface area is 166 Å². The molecule has 1 saturated carbocycles. The molecule has 0 amide bonds. The second-order valence-corrected chi connectivity index (χ2v) is 8.26. The predicted octanol–water partition coefficient (Wildman–Crippen LogP) is 5.02. The summed E-state index contributed by atoms with van der Waals surface area (Å²) >= 11 is 0. The average molecular weight is 377 g/mol. The second-order valence-electron chi connectivity index (χ2n) is 8.26. The first kappa shape index (κ1) is 17.6. The Kier molecular flexibility index (Phi) is 4.31. The molecule has 4 nitrogen and oxygen atoms in total. The first-order valence-electron chi connectivity index (χ1n) is 10.3. The van der Waals surface area contributed by atoms with E-state index in [-0.39, 0.29) is 0 Å². The van der Waals surface area contributed by atoms with Crippen molar-refractivity contribution in [3.05, 3.63) is 58.8 Å². The molecule has 28 heavy (non-hydrogen) atoms. The first-order chi connectivity index (χ1) is 13.7. The maximum atomic E-state index is 5.51. The maximum absolute atomic E-state index is 5.51. The van der Waals surface area contributed by atoms with Gasteiger partial charge in [-0.05, 0) is 61.6 Å². The quantitative estimate of drug-likeness (QED) is 0.672. The fourth-order valence-corrected chi connectivity index (χ4v) is 5.27. The number of H-pyrrole nitrogens is 1. The summed E-state index contributed by atoms with van der Waals surface area (Å²) in [5.41, 5.74) is 6.79. The zero-order valence-electron chi connectivity index (χ0n) is 16.8. The number of aromatic nitrogens is 1. The molecule has 0 spiro atoms. The SMILES string of the molecule is COc1ccc(C[C@@H]2N[C@H]3CCC[C@@H]3c3c2[nH]c2ccc(C)cc32)cc1OC. The number of hydrogen-bond donors (Lipinski definition) is 2. The van der Waals surface area contributed by atoms with Crippen molar-refractivity contribution in [3.8, 4) is 11.5 Å². The molecule has 1 aliphatic heterocycles. The second kappa shape index (κ2) is 6.85. The highest BCUT2D eigenvalue weighted by Gasteiger charge is 2.39. The van der Waals surface area contributed by atoms with Gasteiger partial charge >= 0.3 is 0 Å². The maximum Gasteiger partial charge on any atom is 0.160 e. The van der Waals surface area contributed by atoms with Crippen molar-refractivity contribution in [1.82, 2.24) is 10.3 Å². The van der Waals surface area contributed by atoms with Gasteiger partial charge in [0.1, 0.15) is 0 Å². The van der Waals surface area contributed by atoms with Gasteiger partial charge in [-0.2, -0.15) is 0 Å². The third-order valence-electron chi connectivity index (χ3n) is 6.56. The van der Waals surface area contributed by atoms with Crippen LogP contribution in [0.4, 0.5) is 0 Å². The van der Waals surface area contributed by atoms with Gasteiger partial charge in [0.25, 0.3) is 0 Å². The van der Waals surface area contributed by atoms with Crippen molar-refractivity contribution in [1.29, 1.82) is 0 Å². The van der Waals surface area contributed by atoms with E-state index in [0.29, 0.717) is 18.0 Å². The van der Waals surface area contributed by atoms with Crippen molar-refractivity contribution in [2.75, 3.05) is 14.2 Å². The molecule has 2 heterocycles. The number of methoxy groups -OCH3 is 2. The predicted molar refractivity (Wildman–Crippen MR) is 113 cm³/mol. The summed E-state index contributed by atoms with van der Waals surface area (Å²) in [6, 6.07) is 13.9. The molecule has 146 valence electrons. The number of fused-ring (bicyclic) bond motifs is 5. The van der Waals surface area contributed by atoms with Crippen LogP contribution in [0, 0.1) is 6.92 Å². The zero-order chi connectivity index (χ0) is 19.3. The van der Waals surface area contributed by atoms with Crippen LogP contribution in [-0.4, -0.2) is 25.2 Å². The molecule has 1 aromatic heterocycles. The van der Waals surface area contributed by atoms with Crippen LogP contribution in [0.5, 0.6) is 11.5 Å². The summed E-state index contributed by atoms with van der Waals surface area (Å²) in [6.07, 6.45) is 4.80. The van der Waals surface area contributed by atoms with Crippen LogP contribution < -0.4 is 14.8 Å². The van der Waals surface area contributed by atoms with Crippen LogP contribution in [0.1, 0.15) is 53.6 Å². The summed E-state index contributed by atoms with van der Waals surface area (Å²) < 4.78 is 10.9. The molecule has 1 aliphatic carbocycles. The van der Waals surface area contributed by atoms with E-state index in [9.17, 15) is 0 Å². The third kappa shape index (κ3) is 2.78. The van der Waals surface area contributed by atoms with Crippen LogP contribution >= 0.6 is 0 Å². The summed E-state index contributed by atoms with van der Waals surface area (Å²) in [7, 11) is 3.38. The Balaban J connectivity index is 1.56. The van der Waals surface area contributed by atoms with Crippen LogP contribution in [0.25, 0.3) is 10.9 Å². The van der Waals surface area contributed by atoms with Crippen molar-refractivity contribution < 1.29 is 9.47 Å². The van der Waals surface area contributed by atoms with Crippen molar-refractivity contribution >= 4 is 10.9 Å². The van der Waals surface area contributed by atoms with E-state index >= 15 is 0 Å². The largest absolute Gasteiger partial charge is 0.493 e. The van der Waals surface area contributed by atoms with E-state index in [4.69, 9.17) is 9.47 Å². The van der Waals surface area contributed by atoms with Crippen LogP contribution in [-0.2, 0) is 6.42 Å². The molecule has 0 saturated heterocycles. The Morgan fingerprint density at radius 3 is 2.68 bits per heavy atom. The zero-order valence-corrected chi connectivity index (χ0v) is 16.8. The minimum absolute atomic E-state index is 0.292. The van der Waals surface area contributed by atoms with Gasteiger partial charge in [0.2, 0.25) is 0 Å². The molecule has 5 rings (SSSR count). The number of aryl methyl sites for hydroxylation is 1. The van der Waals surface area contributed by atoms with Gasteiger partial charge < -0.3 is 19.8 Å². The lowest BCUT2D eigenvalue weighted by Crippen LogP contribution is -2.40. The van der Waals surface area contributed by atoms with Crippen molar-refractivity contribution in [3.63, 3.8) is 0 Å². The van der Waals surface area contributed by atoms with Gasteiger partial charge in [0.05, 0.1) is 20.3 Å². The van der Waals surface area contributed by atoms with Gasteiger partial charge in [-0.25, -0.2) is 0 Å². The van der Waals surface area contributed by atoms with E-state index in [1.807, 2.05) is 6.07 Å². The van der Waals surface area contributed by atoms with E-state index in [0.717, 1.165) is 17.9 Å². The van der Waals surface area contributed by atoms with E-state index in [1.54, 1.807) is 19.8 Å². The smallest absolute Gasteiger partial charge is 0.160 e. The third-order valence-corrected chi connectivity index (χ3v) is 6.56. The number of ether oxygens (including phenoxy) is 2. The van der Waals surface area contributed by atoms with Crippen LogP contribution in [0.2, 0.25) is 0 Å². The first-order valence-corrected chi connectivity index (χ1v) is 10.3. The van der Waals surface area contributed by atoms with Crippen LogP contribution in [0.3, 0.4) is 0 Å². The summed E-state index contributed by atoms with van der Waals surface area (Å²) in [5, 5.41) is 5.38. The fraction of sp³-hybridized carbons (Fsp3) is 0.417. The molecule has 3 atom stereocenters. The highest BCUT2D eigenvalue weighted by Crippen LogP contribution is 2.46. The highest BCUT2D eigenvalue weighted by atomic mass is 16.5. The molecule has 2 aromatic carbocycles. The topological polar surface area (TPSA) is 46.3 Å². The number of hydrogen-bond acceptors (Lipinski definition) is 3. The minimum Gasteiger partial charge on any atom is -0.493 e. The molecule has 3 aromatic rings. The van der Waals surface area contributed by atoms with Gasteiger partial charge in [-0.3, -0.25) is 0 Å². The van der Waals surface area contributed by atoms with Crippen LogP contribution in [0.15, 0.2) is 36.4 Å². The Morgan fingerprint density at radius 2 is 1.86 bits per heavy atom. The number of rotatable bonds is 4. The molecule has 0 bridgehead atoms. The highest BCUT2D eigenvalue weighted by molar-refractivity contribution is 5.86. The van der Waals surface area contributed by atoms with Crippen molar-refractivity contribution in [2.24, 2.45) is 0 Å². The molecule has 4 heteroatoms. The fourth-order valence-electron chi connectivity index (χ4n) is 5.27. The van der Waals surface area contributed by atoms with Gasteiger partial charge in [-0.1, -0.05) is 24.1 Å². The average Bonchev–Trinajstić information content (AvgIpc) is 3.31. The Morgan fingerprint density at radius 1 is 1.00 bits per heavy atom. The standard InChI is InChI=1S/C24H28N2O2/c1-14-7-9-19-17(11-14)23-16-5-4-6-18(16)25-20(24(23)26-19)12-15-8-10-21(27-2)22(13-15)28-3/h7-11,13,16,18,20,25-26H,4-6,12H2,1-3H3/t16-,18-,20-/m0/s1. The summed E-state index contributed by atoms with van der Waals surface area (Å²) in [6.45, 7) is 2.19. The lowest BCUT2D eigenvalue weighted by molar-refractivity contribution is 0.352. The Hall–Kier alpha value is -2.46. The van der Waals surface area contributed by atoms with Crippen molar-refractivity contribution in [2.45, 2.75) is 50.6 Å². The molecule has 0 radical (unpaired) electrons. The molecule has 2 N–H and O–H groups in total. The molecular weight excluding hydrogens is 348 g/mol. The number of aromatic amines is 1. The van der Waals surface area contributed by atoms with Gasteiger partial charge in [0.15, 0.2) is 11.5 Å². The lowest BCUT2D eigenvalue weighted by atomic mass is 9.83. The van der Waals surface area contributed by atoms with E-state index < -0.39 is 0 Å². The molecular formula is C24H28N2O2. The van der Waals surface area contributed by atoms with E-state index in [1.165, 1.54) is 47.0 Å². The number of nitrogens with one attached hydrogen (secondary N) is 2. The lowest BCUT2D eigenvalue weighted by Gasteiger charge is -2.34. The van der Waals surface area contributed by atoms with Gasteiger partial charge in [0, 0.05) is 28.6 Å². The normalized spacial score (nSPS) is 23.5. The minimum atomic E-state index is 0.292. The van der Waals surface area contributed by atoms with Gasteiger partial charge in [-0.15, -0.1) is 0 Å². The number of benzene rings is 2.